The van der Waals surface area contributed by atoms with Gasteiger partial charge in [0.1, 0.15) is 0 Å². The second-order valence-corrected chi connectivity index (χ2v) is 8.89. The van der Waals surface area contributed by atoms with E-state index in [2.05, 4.69) is 5.32 Å². The normalized spacial score (nSPS) is 21.8. The summed E-state index contributed by atoms with van der Waals surface area (Å²) in [5.41, 5.74) is 0.213. The lowest BCUT2D eigenvalue weighted by atomic mass is 9.98. The van der Waals surface area contributed by atoms with E-state index >= 15 is 0 Å². The number of nitrogens with one attached hydrogen (secondary N) is 1. The summed E-state index contributed by atoms with van der Waals surface area (Å²) in [5, 5.41) is 14.2. The molecule has 0 spiro atoms. The number of rotatable bonds is 4. The topological polar surface area (TPSA) is 113 Å². The van der Waals surface area contributed by atoms with E-state index in [1.54, 1.807) is 11.8 Å². The summed E-state index contributed by atoms with van der Waals surface area (Å²) in [6.45, 7) is 4.27. The molecule has 0 aromatic heterocycles. The molecule has 3 rings (SSSR count). The number of nitrogens with zero attached hydrogens (tertiary/aromatic N) is 3. The van der Waals surface area contributed by atoms with E-state index in [9.17, 15) is 23.3 Å². The van der Waals surface area contributed by atoms with Crippen LogP contribution in [0.2, 0.25) is 0 Å². The Morgan fingerprint density at radius 3 is 2.56 bits per heavy atom. The number of hydrogen-bond donors (Lipinski definition) is 1. The number of amides is 1. The van der Waals surface area contributed by atoms with Crippen LogP contribution in [-0.4, -0.2) is 67.7 Å². The third-order valence-corrected chi connectivity index (χ3v) is 7.24. The third kappa shape index (κ3) is 4.12. The van der Waals surface area contributed by atoms with Crippen LogP contribution in [-0.2, 0) is 14.8 Å². The maximum Gasteiger partial charge on any atom is 0.270 e. The van der Waals surface area contributed by atoms with Gasteiger partial charge in [0.15, 0.2) is 0 Å². The standard InChI is InChI=1S/C17H24N4O5S/c1-13-4-5-15(21(23)24)11-16(13)27(25,26)20-9-7-19(8-10-20)17(22)14-3-2-6-18-12-14/h4-5,11,14,18H,2-3,6-10,12H2,1H3. The first-order valence-electron chi connectivity index (χ1n) is 9.05. The maximum absolute atomic E-state index is 13.0. The molecule has 1 aromatic rings. The molecule has 1 atom stereocenters. The first kappa shape index (κ1) is 19.7. The molecule has 1 aromatic carbocycles. The molecule has 2 heterocycles. The molecule has 2 fully saturated rings. The van der Waals surface area contributed by atoms with Crippen LogP contribution in [0, 0.1) is 23.0 Å². The van der Waals surface area contributed by atoms with Crippen molar-refractivity contribution < 1.29 is 18.1 Å². The number of carbonyl (C=O) groups is 1. The lowest BCUT2D eigenvalue weighted by molar-refractivity contribution is -0.385. The van der Waals surface area contributed by atoms with Gasteiger partial charge in [0.05, 0.1) is 15.7 Å². The summed E-state index contributed by atoms with van der Waals surface area (Å²) in [6.07, 6.45) is 1.83. The van der Waals surface area contributed by atoms with E-state index in [0.717, 1.165) is 25.5 Å². The number of piperidine rings is 1. The number of aryl methyl sites for hydroxylation is 1. The molecule has 27 heavy (non-hydrogen) atoms. The van der Waals surface area contributed by atoms with Crippen molar-refractivity contribution in [2.24, 2.45) is 5.92 Å². The van der Waals surface area contributed by atoms with Gasteiger partial charge in [-0.15, -0.1) is 0 Å². The van der Waals surface area contributed by atoms with E-state index in [-0.39, 0.29) is 35.5 Å². The lowest BCUT2D eigenvalue weighted by Gasteiger charge is -2.36. The van der Waals surface area contributed by atoms with Gasteiger partial charge < -0.3 is 10.2 Å². The quantitative estimate of drug-likeness (QED) is 0.593. The van der Waals surface area contributed by atoms with Gasteiger partial charge in [0.25, 0.3) is 5.69 Å². The van der Waals surface area contributed by atoms with E-state index in [1.807, 2.05) is 0 Å². The van der Waals surface area contributed by atoms with Crippen molar-refractivity contribution in [3.63, 3.8) is 0 Å². The molecule has 2 saturated heterocycles. The Bertz CT molecular complexity index is 828. The van der Waals surface area contributed by atoms with E-state index in [0.29, 0.717) is 25.2 Å². The van der Waals surface area contributed by atoms with Crippen molar-refractivity contribution >= 4 is 21.6 Å². The van der Waals surface area contributed by atoms with Gasteiger partial charge in [0.2, 0.25) is 15.9 Å². The second kappa shape index (κ2) is 7.91. The Labute approximate surface area is 158 Å². The zero-order valence-electron chi connectivity index (χ0n) is 15.3. The van der Waals surface area contributed by atoms with Crippen LogP contribution in [0.1, 0.15) is 18.4 Å². The third-order valence-electron chi connectivity index (χ3n) is 5.20. The van der Waals surface area contributed by atoms with Gasteiger partial charge in [-0.05, 0) is 31.9 Å². The first-order valence-corrected chi connectivity index (χ1v) is 10.5. The Morgan fingerprint density at radius 2 is 1.96 bits per heavy atom. The van der Waals surface area contributed by atoms with Gasteiger partial charge in [-0.2, -0.15) is 4.31 Å². The summed E-state index contributed by atoms with van der Waals surface area (Å²) in [6, 6.07) is 3.85. The summed E-state index contributed by atoms with van der Waals surface area (Å²) in [4.78, 5) is 24.7. The Balaban J connectivity index is 1.70. The fourth-order valence-electron chi connectivity index (χ4n) is 3.59. The Hall–Kier alpha value is -2.04. The van der Waals surface area contributed by atoms with Crippen molar-refractivity contribution in [2.45, 2.75) is 24.7 Å². The fraction of sp³-hybridized carbons (Fsp3) is 0.588. The minimum Gasteiger partial charge on any atom is -0.340 e. The molecule has 2 aliphatic rings. The predicted molar refractivity (Wildman–Crippen MR) is 98.8 cm³/mol. The van der Waals surface area contributed by atoms with Crippen molar-refractivity contribution in [3.8, 4) is 0 Å². The highest BCUT2D eigenvalue weighted by Crippen LogP contribution is 2.26. The van der Waals surface area contributed by atoms with Crippen molar-refractivity contribution in [3.05, 3.63) is 33.9 Å². The SMILES string of the molecule is Cc1ccc([N+](=O)[O-])cc1S(=O)(=O)N1CCN(C(=O)C2CCCNC2)CC1. The van der Waals surface area contributed by atoms with Crippen LogP contribution < -0.4 is 5.32 Å². The van der Waals surface area contributed by atoms with Crippen LogP contribution >= 0.6 is 0 Å². The van der Waals surface area contributed by atoms with Crippen molar-refractivity contribution in [1.82, 2.24) is 14.5 Å². The molecule has 0 aliphatic carbocycles. The number of nitro groups is 1. The molecule has 1 amide bonds. The average Bonchev–Trinajstić information content (AvgIpc) is 2.68. The van der Waals surface area contributed by atoms with Gasteiger partial charge in [-0.3, -0.25) is 14.9 Å². The van der Waals surface area contributed by atoms with E-state index in [4.69, 9.17) is 0 Å². The zero-order valence-corrected chi connectivity index (χ0v) is 16.1. The summed E-state index contributed by atoms with van der Waals surface area (Å²) >= 11 is 0. The van der Waals surface area contributed by atoms with Gasteiger partial charge in [-0.25, -0.2) is 8.42 Å². The molecule has 0 saturated carbocycles. The Morgan fingerprint density at radius 1 is 1.26 bits per heavy atom. The molecule has 1 unspecified atom stereocenters. The van der Waals surface area contributed by atoms with Gasteiger partial charge in [-0.1, -0.05) is 6.07 Å². The molecular weight excluding hydrogens is 372 g/mol. The minimum atomic E-state index is -3.84. The number of non-ortho nitro benzene ring substituents is 1. The summed E-state index contributed by atoms with van der Waals surface area (Å²) < 4.78 is 27.2. The number of nitro benzene ring substituents is 1. The minimum absolute atomic E-state index is 0.0408. The maximum atomic E-state index is 13.0. The largest absolute Gasteiger partial charge is 0.340 e. The highest BCUT2D eigenvalue weighted by molar-refractivity contribution is 7.89. The molecule has 1 N–H and O–H groups in total. The number of sulfonamides is 1. The van der Waals surface area contributed by atoms with Crippen LogP contribution in [0.5, 0.6) is 0 Å². The predicted octanol–water partition coefficient (Wildman–Crippen LogP) is 0.736. The second-order valence-electron chi connectivity index (χ2n) is 6.98. The fourth-order valence-corrected chi connectivity index (χ4v) is 5.26. The monoisotopic (exact) mass is 396 g/mol. The van der Waals surface area contributed by atoms with Gasteiger partial charge >= 0.3 is 0 Å². The number of hydrogen-bond acceptors (Lipinski definition) is 6. The van der Waals surface area contributed by atoms with Crippen LogP contribution in [0.25, 0.3) is 0 Å². The van der Waals surface area contributed by atoms with Crippen LogP contribution in [0.3, 0.4) is 0 Å². The highest BCUT2D eigenvalue weighted by atomic mass is 32.2. The molecule has 2 aliphatic heterocycles. The highest BCUT2D eigenvalue weighted by Gasteiger charge is 2.34. The van der Waals surface area contributed by atoms with Crippen LogP contribution in [0.4, 0.5) is 5.69 Å². The average molecular weight is 396 g/mol. The Kier molecular flexibility index (Phi) is 5.78. The van der Waals surface area contributed by atoms with Crippen molar-refractivity contribution in [1.29, 1.82) is 0 Å². The molecule has 0 radical (unpaired) electrons. The number of piperazine rings is 1. The summed E-state index contributed by atoms with van der Waals surface area (Å²) in [5.74, 6) is 0.0340. The summed E-state index contributed by atoms with van der Waals surface area (Å²) in [7, 11) is -3.84. The number of carbonyl (C=O) groups excluding carboxylic acids is 1. The molecule has 0 bridgehead atoms. The zero-order chi connectivity index (χ0) is 19.6. The molecular formula is C17H24N4O5S. The molecule has 148 valence electrons. The lowest BCUT2D eigenvalue weighted by Crippen LogP contribution is -2.53. The smallest absolute Gasteiger partial charge is 0.270 e. The van der Waals surface area contributed by atoms with Gasteiger partial charge in [0, 0.05) is 44.9 Å². The number of benzene rings is 1. The molecule has 10 heteroatoms. The van der Waals surface area contributed by atoms with E-state index in [1.165, 1.54) is 16.4 Å². The van der Waals surface area contributed by atoms with Crippen LogP contribution in [0.15, 0.2) is 23.1 Å². The van der Waals surface area contributed by atoms with E-state index < -0.39 is 14.9 Å². The van der Waals surface area contributed by atoms with Crippen molar-refractivity contribution in [2.75, 3.05) is 39.3 Å². The molecule has 9 nitrogen and oxygen atoms in total. The first-order chi connectivity index (χ1) is 12.8.